The van der Waals surface area contributed by atoms with Crippen LogP contribution in [-0.2, 0) is 6.18 Å². The summed E-state index contributed by atoms with van der Waals surface area (Å²) in [7, 11) is 0. The van der Waals surface area contributed by atoms with Crippen molar-refractivity contribution < 1.29 is 17.9 Å². The third-order valence-electron chi connectivity index (χ3n) is 2.53. The Kier molecular flexibility index (Phi) is 4.30. The van der Waals surface area contributed by atoms with Gasteiger partial charge >= 0.3 is 6.18 Å². The highest BCUT2D eigenvalue weighted by molar-refractivity contribution is 5.40. The number of anilines is 1. The van der Waals surface area contributed by atoms with Gasteiger partial charge in [-0.2, -0.15) is 18.2 Å². The highest BCUT2D eigenvalue weighted by Gasteiger charge is 2.35. The van der Waals surface area contributed by atoms with Crippen molar-refractivity contribution in [2.45, 2.75) is 20.0 Å². The van der Waals surface area contributed by atoms with E-state index in [9.17, 15) is 13.2 Å². The maximum Gasteiger partial charge on any atom is 0.451 e. The molecular weight excluding hydrogens is 283 g/mol. The van der Waals surface area contributed by atoms with E-state index < -0.39 is 12.0 Å². The molecule has 2 rings (SSSR count). The minimum Gasteiger partial charge on any atom is -0.439 e. The van der Waals surface area contributed by atoms with Crippen molar-refractivity contribution in [2.24, 2.45) is 0 Å². The zero-order chi connectivity index (χ0) is 15.5. The summed E-state index contributed by atoms with van der Waals surface area (Å²) in [6.07, 6.45) is -4.63. The molecule has 0 saturated carbocycles. The highest BCUT2D eigenvalue weighted by atomic mass is 19.4. The number of nitrogens with zero attached hydrogens (tertiary/aromatic N) is 2. The molecule has 0 atom stereocenters. The third-order valence-corrected chi connectivity index (χ3v) is 2.53. The van der Waals surface area contributed by atoms with Gasteiger partial charge in [-0.25, -0.2) is 4.98 Å². The Morgan fingerprint density at radius 1 is 1.19 bits per heavy atom. The highest BCUT2D eigenvalue weighted by Crippen LogP contribution is 2.30. The molecule has 0 fully saturated rings. The normalized spacial score (nSPS) is 11.3. The molecule has 1 aromatic carbocycles. The van der Waals surface area contributed by atoms with Crippen LogP contribution in [0.15, 0.2) is 30.3 Å². The van der Waals surface area contributed by atoms with Crippen molar-refractivity contribution in [1.82, 2.24) is 9.97 Å². The summed E-state index contributed by atoms with van der Waals surface area (Å²) in [5, 5.41) is 2.73. The summed E-state index contributed by atoms with van der Waals surface area (Å²) >= 11 is 0. The Balaban J connectivity index is 2.35. The number of hydrogen-bond donors (Lipinski definition) is 1. The summed E-state index contributed by atoms with van der Waals surface area (Å²) in [4.78, 5) is 6.84. The fraction of sp³-hybridized carbons (Fsp3) is 0.286. The van der Waals surface area contributed by atoms with E-state index in [4.69, 9.17) is 4.74 Å². The van der Waals surface area contributed by atoms with Gasteiger partial charge in [-0.3, -0.25) is 0 Å². The van der Waals surface area contributed by atoms with Crippen LogP contribution in [0.4, 0.5) is 19.0 Å². The summed E-state index contributed by atoms with van der Waals surface area (Å²) in [5.74, 6) is -0.894. The van der Waals surface area contributed by atoms with Crippen LogP contribution < -0.4 is 10.1 Å². The van der Waals surface area contributed by atoms with E-state index in [2.05, 4.69) is 15.3 Å². The average Bonchev–Trinajstić information content (AvgIpc) is 2.37. The van der Waals surface area contributed by atoms with Gasteiger partial charge in [0.25, 0.3) is 0 Å². The average molecular weight is 297 g/mol. The SMILES string of the molecule is CCNc1cc(Oc2cccc(C)c2)nc(C(F)(F)F)n1. The fourth-order valence-electron chi connectivity index (χ4n) is 1.68. The number of ether oxygens (including phenoxy) is 1. The van der Waals surface area contributed by atoms with Crippen LogP contribution >= 0.6 is 0 Å². The minimum atomic E-state index is -4.63. The van der Waals surface area contributed by atoms with Gasteiger partial charge in [0.2, 0.25) is 11.7 Å². The second kappa shape index (κ2) is 5.99. The molecule has 0 aliphatic carbocycles. The predicted molar refractivity (Wildman–Crippen MR) is 72.5 cm³/mol. The van der Waals surface area contributed by atoms with Crippen molar-refractivity contribution in [2.75, 3.05) is 11.9 Å². The Bertz CT molecular complexity index is 629. The van der Waals surface area contributed by atoms with E-state index >= 15 is 0 Å². The van der Waals surface area contributed by atoms with Gasteiger partial charge in [-0.05, 0) is 31.5 Å². The molecular formula is C14H14F3N3O. The Morgan fingerprint density at radius 3 is 2.57 bits per heavy atom. The molecule has 0 aliphatic rings. The number of nitrogens with one attached hydrogen (secondary N) is 1. The quantitative estimate of drug-likeness (QED) is 0.925. The van der Waals surface area contributed by atoms with Crippen LogP contribution in [0.25, 0.3) is 0 Å². The molecule has 0 bridgehead atoms. The van der Waals surface area contributed by atoms with Crippen LogP contribution in [0.5, 0.6) is 11.6 Å². The van der Waals surface area contributed by atoms with E-state index in [1.807, 2.05) is 13.0 Å². The van der Waals surface area contributed by atoms with Gasteiger partial charge in [-0.1, -0.05) is 12.1 Å². The van der Waals surface area contributed by atoms with E-state index in [1.54, 1.807) is 25.1 Å². The summed E-state index contributed by atoms with van der Waals surface area (Å²) < 4.78 is 43.7. The first-order chi connectivity index (χ1) is 9.88. The van der Waals surface area contributed by atoms with Gasteiger partial charge in [0.15, 0.2) is 0 Å². The largest absolute Gasteiger partial charge is 0.451 e. The Hall–Kier alpha value is -2.31. The van der Waals surface area contributed by atoms with Gasteiger partial charge in [-0.15, -0.1) is 0 Å². The van der Waals surface area contributed by atoms with Gasteiger partial charge in [0.1, 0.15) is 11.6 Å². The maximum atomic E-state index is 12.8. The molecule has 21 heavy (non-hydrogen) atoms. The number of rotatable bonds is 4. The van der Waals surface area contributed by atoms with E-state index in [-0.39, 0.29) is 11.7 Å². The fourth-order valence-corrected chi connectivity index (χ4v) is 1.68. The lowest BCUT2D eigenvalue weighted by Gasteiger charge is -2.11. The van der Waals surface area contributed by atoms with Gasteiger partial charge < -0.3 is 10.1 Å². The third kappa shape index (κ3) is 4.08. The molecule has 0 radical (unpaired) electrons. The Morgan fingerprint density at radius 2 is 1.95 bits per heavy atom. The summed E-state index contributed by atoms with van der Waals surface area (Å²) in [5.41, 5.74) is 0.935. The summed E-state index contributed by atoms with van der Waals surface area (Å²) in [6.45, 7) is 4.06. The van der Waals surface area contributed by atoms with E-state index in [1.165, 1.54) is 6.07 Å². The smallest absolute Gasteiger partial charge is 0.439 e. The molecule has 1 aromatic heterocycles. The second-order valence-corrected chi connectivity index (χ2v) is 4.36. The van der Waals surface area contributed by atoms with Crippen molar-refractivity contribution in [3.05, 3.63) is 41.7 Å². The lowest BCUT2D eigenvalue weighted by Crippen LogP contribution is -2.13. The van der Waals surface area contributed by atoms with Gasteiger partial charge in [0, 0.05) is 12.6 Å². The molecule has 0 amide bonds. The molecule has 4 nitrogen and oxygen atoms in total. The van der Waals surface area contributed by atoms with Crippen LogP contribution in [0.3, 0.4) is 0 Å². The molecule has 1 N–H and O–H groups in total. The van der Waals surface area contributed by atoms with Crippen molar-refractivity contribution in [3.63, 3.8) is 0 Å². The van der Waals surface area contributed by atoms with Crippen LogP contribution in [0.2, 0.25) is 0 Å². The molecule has 0 aliphatic heterocycles. The summed E-state index contributed by atoms with van der Waals surface area (Å²) in [6, 6.07) is 8.30. The lowest BCUT2D eigenvalue weighted by atomic mass is 10.2. The maximum absolute atomic E-state index is 12.8. The molecule has 0 spiro atoms. The molecule has 1 heterocycles. The first-order valence-corrected chi connectivity index (χ1v) is 6.33. The monoisotopic (exact) mass is 297 g/mol. The number of halogens is 3. The topological polar surface area (TPSA) is 47.0 Å². The molecule has 0 unspecified atom stereocenters. The van der Waals surface area contributed by atoms with Crippen LogP contribution in [-0.4, -0.2) is 16.5 Å². The number of alkyl halides is 3. The predicted octanol–water partition coefficient (Wildman–Crippen LogP) is 4.03. The minimum absolute atomic E-state index is 0.0717. The first kappa shape index (κ1) is 15.1. The standard InChI is InChI=1S/C14H14F3N3O/c1-3-18-11-8-12(20-13(19-11)14(15,16)17)21-10-6-4-5-9(2)7-10/h4-8H,3H2,1-2H3,(H,18,19,20). The second-order valence-electron chi connectivity index (χ2n) is 4.36. The number of benzene rings is 1. The van der Waals surface area contributed by atoms with Crippen LogP contribution in [0.1, 0.15) is 18.3 Å². The van der Waals surface area contributed by atoms with E-state index in [0.717, 1.165) is 5.56 Å². The lowest BCUT2D eigenvalue weighted by molar-refractivity contribution is -0.145. The molecule has 112 valence electrons. The molecule has 2 aromatic rings. The molecule has 0 saturated heterocycles. The van der Waals surface area contributed by atoms with E-state index in [0.29, 0.717) is 12.3 Å². The number of aryl methyl sites for hydroxylation is 1. The Labute approximate surface area is 120 Å². The first-order valence-electron chi connectivity index (χ1n) is 6.33. The zero-order valence-electron chi connectivity index (χ0n) is 11.5. The zero-order valence-corrected chi connectivity index (χ0v) is 11.5. The van der Waals surface area contributed by atoms with Crippen molar-refractivity contribution in [3.8, 4) is 11.6 Å². The number of hydrogen-bond acceptors (Lipinski definition) is 4. The van der Waals surface area contributed by atoms with Crippen molar-refractivity contribution in [1.29, 1.82) is 0 Å². The number of aromatic nitrogens is 2. The van der Waals surface area contributed by atoms with Crippen LogP contribution in [0, 0.1) is 6.92 Å². The van der Waals surface area contributed by atoms with Gasteiger partial charge in [0.05, 0.1) is 0 Å². The van der Waals surface area contributed by atoms with Crippen molar-refractivity contribution >= 4 is 5.82 Å². The molecule has 7 heteroatoms.